The van der Waals surface area contributed by atoms with E-state index in [4.69, 9.17) is 11.6 Å². The van der Waals surface area contributed by atoms with Crippen LogP contribution in [0.4, 0.5) is 5.69 Å². The van der Waals surface area contributed by atoms with Gasteiger partial charge in [-0.1, -0.05) is 30.7 Å². The third-order valence-electron chi connectivity index (χ3n) is 6.37. The maximum absolute atomic E-state index is 12.9. The molecule has 2 heterocycles. The molecule has 0 atom stereocenters. The number of halogens is 1. The van der Waals surface area contributed by atoms with Crippen molar-refractivity contribution >= 4 is 33.2 Å². The molecule has 0 radical (unpaired) electrons. The summed E-state index contributed by atoms with van der Waals surface area (Å²) < 4.78 is 27.3. The van der Waals surface area contributed by atoms with Crippen LogP contribution in [0.5, 0.6) is 0 Å². The number of nitrogens with one attached hydrogen (secondary N) is 1. The summed E-state index contributed by atoms with van der Waals surface area (Å²) in [7, 11) is -3.70. The third kappa shape index (κ3) is 5.34. The van der Waals surface area contributed by atoms with Crippen LogP contribution in [0.15, 0.2) is 47.4 Å². The number of nitrogens with zero attached hydrogens (tertiary/aromatic N) is 2. The predicted molar refractivity (Wildman–Crippen MR) is 128 cm³/mol. The minimum Gasteiger partial charge on any atom is -0.322 e. The van der Waals surface area contributed by atoms with E-state index in [1.165, 1.54) is 34.8 Å². The lowest BCUT2D eigenvalue weighted by atomic mass is 9.99. The molecular formula is C24H30ClN3O3S. The molecule has 0 unspecified atom stereocenters. The van der Waals surface area contributed by atoms with Crippen molar-refractivity contribution in [2.24, 2.45) is 5.92 Å². The van der Waals surface area contributed by atoms with Gasteiger partial charge in [0.15, 0.2) is 0 Å². The zero-order valence-corrected chi connectivity index (χ0v) is 20.0. The predicted octanol–water partition coefficient (Wildman–Crippen LogP) is 4.61. The molecule has 0 saturated carbocycles. The molecule has 6 nitrogen and oxygen atoms in total. The molecule has 2 aromatic carbocycles. The number of carbonyl (C=O) groups is 1. The highest BCUT2D eigenvalue weighted by atomic mass is 35.5. The number of carbonyl (C=O) groups excluding carboxylic acids is 1. The maximum Gasteiger partial charge on any atom is 0.255 e. The highest BCUT2D eigenvalue weighted by Gasteiger charge is 2.29. The number of rotatable bonds is 6. The second kappa shape index (κ2) is 9.91. The van der Waals surface area contributed by atoms with Gasteiger partial charge in [0.25, 0.3) is 5.91 Å². The van der Waals surface area contributed by atoms with Crippen LogP contribution in [0.3, 0.4) is 0 Å². The fourth-order valence-corrected chi connectivity index (χ4v) is 6.30. The van der Waals surface area contributed by atoms with Gasteiger partial charge in [-0.2, -0.15) is 4.31 Å². The topological polar surface area (TPSA) is 69.7 Å². The number of hydrogen-bond donors (Lipinski definition) is 1. The molecule has 0 aromatic heterocycles. The lowest BCUT2D eigenvalue weighted by Gasteiger charge is -2.30. The Morgan fingerprint density at radius 3 is 2.34 bits per heavy atom. The van der Waals surface area contributed by atoms with Crippen LogP contribution in [-0.4, -0.2) is 49.7 Å². The average molecular weight is 476 g/mol. The van der Waals surface area contributed by atoms with Crippen LogP contribution in [0.25, 0.3) is 0 Å². The molecule has 0 bridgehead atoms. The number of likely N-dealkylation sites (tertiary alicyclic amines) is 1. The lowest BCUT2D eigenvalue weighted by molar-refractivity contribution is 0.102. The molecule has 1 N–H and O–H groups in total. The van der Waals surface area contributed by atoms with Crippen LogP contribution < -0.4 is 5.32 Å². The van der Waals surface area contributed by atoms with Gasteiger partial charge in [-0.05, 0) is 80.6 Å². The maximum atomic E-state index is 12.9. The molecule has 0 aliphatic carbocycles. The van der Waals surface area contributed by atoms with Gasteiger partial charge < -0.3 is 5.32 Å². The Labute approximate surface area is 195 Å². The number of benzene rings is 2. The van der Waals surface area contributed by atoms with E-state index in [0.717, 1.165) is 38.4 Å². The first-order valence-electron chi connectivity index (χ1n) is 11.3. The highest BCUT2D eigenvalue weighted by Crippen LogP contribution is 2.28. The lowest BCUT2D eigenvalue weighted by Crippen LogP contribution is -2.32. The summed E-state index contributed by atoms with van der Waals surface area (Å²) in [5.41, 5.74) is 2.15. The Kier molecular flexibility index (Phi) is 7.20. The van der Waals surface area contributed by atoms with E-state index in [1.807, 2.05) is 24.3 Å². The van der Waals surface area contributed by atoms with Gasteiger partial charge in [-0.15, -0.1) is 0 Å². The number of piperidine rings is 1. The van der Waals surface area contributed by atoms with Crippen LogP contribution in [0.1, 0.15) is 48.5 Å². The molecule has 2 aliphatic rings. The van der Waals surface area contributed by atoms with Crippen molar-refractivity contribution in [3.05, 3.63) is 58.6 Å². The van der Waals surface area contributed by atoms with E-state index in [1.54, 1.807) is 6.07 Å². The molecule has 0 spiro atoms. The monoisotopic (exact) mass is 475 g/mol. The van der Waals surface area contributed by atoms with Crippen molar-refractivity contribution in [1.29, 1.82) is 0 Å². The summed E-state index contributed by atoms with van der Waals surface area (Å²) in [4.78, 5) is 15.2. The molecule has 4 rings (SSSR count). The molecular weight excluding hydrogens is 446 g/mol. The Balaban J connectivity index is 1.42. The first kappa shape index (κ1) is 23.2. The zero-order valence-electron chi connectivity index (χ0n) is 18.4. The van der Waals surface area contributed by atoms with Gasteiger partial charge >= 0.3 is 0 Å². The molecule has 2 aliphatic heterocycles. The quantitative estimate of drug-likeness (QED) is 0.662. The molecule has 8 heteroatoms. The first-order valence-corrected chi connectivity index (χ1v) is 13.1. The fraction of sp³-hybridized carbons (Fsp3) is 0.458. The standard InChI is InChI=1S/C24H30ClN3O3S/c1-18-10-14-27(15-11-18)17-19-4-7-21(8-5-19)26-24(29)20-6-9-22(25)23(16-20)32(30,31)28-12-2-3-13-28/h4-9,16,18H,2-3,10-15,17H2,1H3,(H,26,29). The summed E-state index contributed by atoms with van der Waals surface area (Å²) in [6.45, 7) is 6.43. The summed E-state index contributed by atoms with van der Waals surface area (Å²) in [5, 5.41) is 2.99. The zero-order chi connectivity index (χ0) is 22.7. The van der Waals surface area contributed by atoms with Crippen LogP contribution in [0.2, 0.25) is 5.02 Å². The van der Waals surface area contributed by atoms with Gasteiger partial charge in [-0.25, -0.2) is 8.42 Å². The average Bonchev–Trinajstić information content (AvgIpc) is 3.33. The molecule has 1 amide bonds. The van der Waals surface area contributed by atoms with E-state index in [9.17, 15) is 13.2 Å². The van der Waals surface area contributed by atoms with Crippen LogP contribution in [-0.2, 0) is 16.6 Å². The van der Waals surface area contributed by atoms with E-state index in [2.05, 4.69) is 17.1 Å². The minimum atomic E-state index is -3.70. The Morgan fingerprint density at radius 1 is 1.03 bits per heavy atom. The van der Waals surface area contributed by atoms with Crippen LogP contribution in [0, 0.1) is 5.92 Å². The fourth-order valence-electron chi connectivity index (χ4n) is 4.28. The first-order chi connectivity index (χ1) is 15.3. The SMILES string of the molecule is CC1CCN(Cc2ccc(NC(=O)c3ccc(Cl)c(S(=O)(=O)N4CCCC4)c3)cc2)CC1. The smallest absolute Gasteiger partial charge is 0.255 e. The van der Waals surface area contributed by atoms with Gasteiger partial charge in [0, 0.05) is 30.9 Å². The van der Waals surface area contributed by atoms with Gasteiger partial charge in [0.05, 0.1) is 5.02 Å². The van der Waals surface area contributed by atoms with Gasteiger partial charge in [-0.3, -0.25) is 9.69 Å². The molecule has 2 saturated heterocycles. The highest BCUT2D eigenvalue weighted by molar-refractivity contribution is 7.89. The summed E-state index contributed by atoms with van der Waals surface area (Å²) in [6, 6.07) is 12.2. The molecule has 32 heavy (non-hydrogen) atoms. The summed E-state index contributed by atoms with van der Waals surface area (Å²) in [5.74, 6) is 0.444. The van der Waals surface area contributed by atoms with Crippen molar-refractivity contribution in [3.8, 4) is 0 Å². The Bertz CT molecular complexity index is 1060. The van der Waals surface area contributed by atoms with Gasteiger partial charge in [0.2, 0.25) is 10.0 Å². The minimum absolute atomic E-state index is 0.0140. The number of hydrogen-bond acceptors (Lipinski definition) is 4. The van der Waals surface area contributed by atoms with Crippen molar-refractivity contribution in [1.82, 2.24) is 9.21 Å². The van der Waals surface area contributed by atoms with Crippen molar-refractivity contribution < 1.29 is 13.2 Å². The summed E-state index contributed by atoms with van der Waals surface area (Å²) in [6.07, 6.45) is 4.16. The number of sulfonamides is 1. The van der Waals surface area contributed by atoms with Crippen molar-refractivity contribution in [3.63, 3.8) is 0 Å². The largest absolute Gasteiger partial charge is 0.322 e. The van der Waals surface area contributed by atoms with Crippen LogP contribution >= 0.6 is 11.6 Å². The molecule has 2 aromatic rings. The number of amides is 1. The number of anilines is 1. The van der Waals surface area contributed by atoms with E-state index in [0.29, 0.717) is 18.8 Å². The Morgan fingerprint density at radius 2 is 1.69 bits per heavy atom. The van der Waals surface area contributed by atoms with Crippen molar-refractivity contribution in [2.45, 2.75) is 44.0 Å². The van der Waals surface area contributed by atoms with E-state index in [-0.39, 0.29) is 21.4 Å². The molecule has 2 fully saturated rings. The second-order valence-electron chi connectivity index (χ2n) is 8.87. The van der Waals surface area contributed by atoms with Crippen molar-refractivity contribution in [2.75, 3.05) is 31.5 Å². The molecule has 172 valence electrons. The second-order valence-corrected chi connectivity index (χ2v) is 11.2. The van der Waals surface area contributed by atoms with E-state index < -0.39 is 10.0 Å². The third-order valence-corrected chi connectivity index (χ3v) is 8.75. The Hall–Kier alpha value is -1.93. The van der Waals surface area contributed by atoms with Gasteiger partial charge in [0.1, 0.15) is 4.90 Å². The summed E-state index contributed by atoms with van der Waals surface area (Å²) >= 11 is 6.19. The normalized spacial score (nSPS) is 18.7. The van der Waals surface area contributed by atoms with E-state index >= 15 is 0 Å².